The Labute approximate surface area is 83.5 Å². The monoisotopic (exact) mass is 242 g/mol. The second-order valence-electron chi connectivity index (χ2n) is 2.76. The minimum atomic E-state index is -0.382. The molecule has 0 saturated heterocycles. The van der Waals surface area contributed by atoms with Gasteiger partial charge < -0.3 is 0 Å². The number of nitrogens with zero attached hydrogens (tertiary/aromatic N) is 2. The van der Waals surface area contributed by atoms with E-state index in [1.807, 2.05) is 18.2 Å². The first kappa shape index (κ1) is 8.69. The quantitative estimate of drug-likeness (QED) is 0.792. The highest BCUT2D eigenvalue weighted by Crippen LogP contribution is 2.19. The average molecular weight is 243 g/mol. The van der Waals surface area contributed by atoms with Crippen LogP contribution >= 0.6 is 15.9 Å². The van der Waals surface area contributed by atoms with E-state index in [9.17, 15) is 4.39 Å². The molecule has 13 heavy (non-hydrogen) atoms. The van der Waals surface area contributed by atoms with Crippen LogP contribution in [0, 0.1) is 0 Å². The van der Waals surface area contributed by atoms with E-state index in [1.165, 1.54) is 0 Å². The molecule has 0 spiro atoms. The summed E-state index contributed by atoms with van der Waals surface area (Å²) in [4.78, 5) is 0. The summed E-state index contributed by atoms with van der Waals surface area (Å²) in [5.41, 5.74) is 0.973. The SMILES string of the molecule is FCCn1ncc2cc(Br)ccc21. The van der Waals surface area contributed by atoms with Crippen molar-refractivity contribution in [3.05, 3.63) is 28.9 Å². The molecule has 0 aliphatic rings. The Morgan fingerprint density at radius 2 is 2.31 bits per heavy atom. The lowest BCUT2D eigenvalue weighted by Gasteiger charge is -1.98. The molecule has 2 rings (SSSR count). The predicted molar refractivity (Wildman–Crippen MR) is 53.4 cm³/mol. The van der Waals surface area contributed by atoms with E-state index < -0.39 is 0 Å². The van der Waals surface area contributed by atoms with Crippen LogP contribution in [-0.4, -0.2) is 16.5 Å². The van der Waals surface area contributed by atoms with Gasteiger partial charge in [0.15, 0.2) is 0 Å². The van der Waals surface area contributed by atoms with Crippen molar-refractivity contribution in [2.24, 2.45) is 0 Å². The maximum atomic E-state index is 12.1. The van der Waals surface area contributed by atoms with E-state index in [0.717, 1.165) is 15.4 Å². The Morgan fingerprint density at radius 1 is 1.46 bits per heavy atom. The summed E-state index contributed by atoms with van der Waals surface area (Å²) in [5.74, 6) is 0. The minimum Gasteiger partial charge on any atom is -0.262 e. The molecule has 0 aliphatic carbocycles. The van der Waals surface area contributed by atoms with Crippen LogP contribution in [0.4, 0.5) is 4.39 Å². The lowest BCUT2D eigenvalue weighted by molar-refractivity contribution is 0.433. The summed E-state index contributed by atoms with van der Waals surface area (Å²) in [5, 5.41) is 5.11. The zero-order valence-corrected chi connectivity index (χ0v) is 8.46. The van der Waals surface area contributed by atoms with Gasteiger partial charge in [-0.05, 0) is 18.2 Å². The van der Waals surface area contributed by atoms with Gasteiger partial charge in [-0.15, -0.1) is 0 Å². The summed E-state index contributed by atoms with van der Waals surface area (Å²) in [7, 11) is 0. The molecule has 0 aliphatic heterocycles. The number of aryl methyl sites for hydroxylation is 1. The molecule has 1 aromatic carbocycles. The highest BCUT2D eigenvalue weighted by molar-refractivity contribution is 9.10. The lowest BCUT2D eigenvalue weighted by Crippen LogP contribution is -2.00. The fourth-order valence-corrected chi connectivity index (χ4v) is 1.69. The molecular weight excluding hydrogens is 235 g/mol. The van der Waals surface area contributed by atoms with Crippen LogP contribution in [0.1, 0.15) is 0 Å². The highest BCUT2D eigenvalue weighted by atomic mass is 79.9. The van der Waals surface area contributed by atoms with Crippen molar-refractivity contribution in [1.82, 2.24) is 9.78 Å². The van der Waals surface area contributed by atoms with E-state index in [-0.39, 0.29) is 6.67 Å². The largest absolute Gasteiger partial charge is 0.262 e. The van der Waals surface area contributed by atoms with E-state index >= 15 is 0 Å². The van der Waals surface area contributed by atoms with E-state index in [4.69, 9.17) is 0 Å². The van der Waals surface area contributed by atoms with Crippen molar-refractivity contribution in [2.45, 2.75) is 6.54 Å². The lowest BCUT2D eigenvalue weighted by atomic mass is 10.2. The number of hydrogen-bond acceptors (Lipinski definition) is 1. The topological polar surface area (TPSA) is 17.8 Å². The van der Waals surface area contributed by atoms with Gasteiger partial charge in [0.2, 0.25) is 0 Å². The fraction of sp³-hybridized carbons (Fsp3) is 0.222. The average Bonchev–Trinajstić information content (AvgIpc) is 2.49. The van der Waals surface area contributed by atoms with Gasteiger partial charge >= 0.3 is 0 Å². The van der Waals surface area contributed by atoms with Crippen LogP contribution < -0.4 is 0 Å². The molecule has 4 heteroatoms. The Bertz CT molecular complexity index is 424. The first-order chi connectivity index (χ1) is 6.31. The molecule has 0 unspecified atom stereocenters. The second-order valence-corrected chi connectivity index (χ2v) is 3.68. The van der Waals surface area contributed by atoms with Crippen molar-refractivity contribution in [2.75, 3.05) is 6.67 Å². The van der Waals surface area contributed by atoms with Crippen LogP contribution in [0.5, 0.6) is 0 Å². The van der Waals surface area contributed by atoms with Crippen molar-refractivity contribution >= 4 is 26.8 Å². The van der Waals surface area contributed by atoms with Crippen molar-refractivity contribution in [1.29, 1.82) is 0 Å². The Morgan fingerprint density at radius 3 is 3.08 bits per heavy atom. The zero-order valence-electron chi connectivity index (χ0n) is 6.87. The van der Waals surface area contributed by atoms with Crippen LogP contribution in [0.15, 0.2) is 28.9 Å². The maximum Gasteiger partial charge on any atom is 0.109 e. The van der Waals surface area contributed by atoms with E-state index in [0.29, 0.717) is 6.54 Å². The van der Waals surface area contributed by atoms with Gasteiger partial charge in [-0.1, -0.05) is 15.9 Å². The number of halogens is 2. The number of alkyl halides is 1. The third-order valence-corrected chi connectivity index (χ3v) is 2.39. The van der Waals surface area contributed by atoms with Gasteiger partial charge in [0, 0.05) is 9.86 Å². The van der Waals surface area contributed by atoms with Crippen LogP contribution in [0.3, 0.4) is 0 Å². The Hall–Kier alpha value is -0.900. The van der Waals surface area contributed by atoms with E-state index in [2.05, 4.69) is 21.0 Å². The molecular formula is C9H8BrFN2. The van der Waals surface area contributed by atoms with Gasteiger partial charge in [-0.3, -0.25) is 4.68 Å². The smallest absolute Gasteiger partial charge is 0.109 e. The van der Waals surface area contributed by atoms with Gasteiger partial charge in [-0.2, -0.15) is 5.10 Å². The first-order valence-electron chi connectivity index (χ1n) is 3.98. The summed E-state index contributed by atoms with van der Waals surface area (Å²) < 4.78 is 14.8. The van der Waals surface area contributed by atoms with Crippen molar-refractivity contribution in [3.8, 4) is 0 Å². The Kier molecular flexibility index (Phi) is 2.31. The number of aromatic nitrogens is 2. The van der Waals surface area contributed by atoms with Gasteiger partial charge in [-0.25, -0.2) is 4.39 Å². The van der Waals surface area contributed by atoms with Crippen molar-refractivity contribution < 1.29 is 4.39 Å². The third kappa shape index (κ3) is 1.58. The normalized spacial score (nSPS) is 10.9. The summed E-state index contributed by atoms with van der Waals surface area (Å²) in [6, 6.07) is 5.83. The molecule has 68 valence electrons. The Balaban J connectivity index is 2.55. The predicted octanol–water partition coefficient (Wildman–Crippen LogP) is 2.77. The van der Waals surface area contributed by atoms with Crippen molar-refractivity contribution in [3.63, 3.8) is 0 Å². The molecule has 0 radical (unpaired) electrons. The van der Waals surface area contributed by atoms with E-state index in [1.54, 1.807) is 10.9 Å². The summed E-state index contributed by atoms with van der Waals surface area (Å²) in [6.45, 7) is -0.0576. The van der Waals surface area contributed by atoms with Gasteiger partial charge in [0.05, 0.1) is 18.3 Å². The molecule has 0 N–H and O–H groups in total. The number of fused-ring (bicyclic) bond motifs is 1. The molecule has 1 heterocycles. The highest BCUT2D eigenvalue weighted by Gasteiger charge is 2.01. The fourth-order valence-electron chi connectivity index (χ4n) is 1.32. The zero-order chi connectivity index (χ0) is 9.26. The first-order valence-corrected chi connectivity index (χ1v) is 4.77. The molecule has 0 bridgehead atoms. The van der Waals surface area contributed by atoms with Crippen LogP contribution in [-0.2, 0) is 6.54 Å². The maximum absolute atomic E-state index is 12.1. The molecule has 0 saturated carbocycles. The summed E-state index contributed by atoms with van der Waals surface area (Å²) >= 11 is 3.37. The minimum absolute atomic E-state index is 0.325. The third-order valence-electron chi connectivity index (χ3n) is 1.90. The summed E-state index contributed by atoms with van der Waals surface area (Å²) in [6.07, 6.45) is 1.75. The molecule has 0 amide bonds. The molecule has 0 fully saturated rings. The number of hydrogen-bond donors (Lipinski definition) is 0. The van der Waals surface area contributed by atoms with Crippen LogP contribution in [0.2, 0.25) is 0 Å². The second kappa shape index (κ2) is 3.46. The van der Waals surface area contributed by atoms with Gasteiger partial charge in [0.1, 0.15) is 6.67 Å². The van der Waals surface area contributed by atoms with Gasteiger partial charge in [0.25, 0.3) is 0 Å². The molecule has 2 nitrogen and oxygen atoms in total. The molecule has 2 aromatic rings. The molecule has 1 aromatic heterocycles. The number of rotatable bonds is 2. The molecule has 0 atom stereocenters. The number of benzene rings is 1. The van der Waals surface area contributed by atoms with Crippen LogP contribution in [0.25, 0.3) is 10.9 Å². The standard InChI is InChI=1S/C9H8BrFN2/c10-8-1-2-9-7(5-8)6-12-13(9)4-3-11/h1-2,5-6H,3-4H2.